The number of hydrogen-bond donors (Lipinski definition) is 2. The van der Waals surface area contributed by atoms with Crippen LogP contribution in [0.5, 0.6) is 0 Å². The fraction of sp³-hybridized carbons (Fsp3) is 0.500. The summed E-state index contributed by atoms with van der Waals surface area (Å²) in [6.45, 7) is 2.94. The standard InChI is InChI=1S/C12H17N5/c1-2-13-10-8-17-7-6-14-12(17)11(16-10)15-9-4-3-5-9/h6-9,13H,2-5H2,1H3,(H,15,16). The molecule has 1 saturated carbocycles. The predicted molar refractivity (Wildman–Crippen MR) is 68.4 cm³/mol. The van der Waals surface area contributed by atoms with Crippen molar-refractivity contribution in [3.8, 4) is 0 Å². The second-order valence-corrected chi connectivity index (χ2v) is 4.44. The second-order valence-electron chi connectivity index (χ2n) is 4.44. The third-order valence-electron chi connectivity index (χ3n) is 3.18. The van der Waals surface area contributed by atoms with E-state index in [1.165, 1.54) is 19.3 Å². The van der Waals surface area contributed by atoms with Crippen LogP contribution in [0.1, 0.15) is 26.2 Å². The van der Waals surface area contributed by atoms with Gasteiger partial charge in [0, 0.05) is 25.0 Å². The van der Waals surface area contributed by atoms with Gasteiger partial charge in [-0.15, -0.1) is 0 Å². The fourth-order valence-corrected chi connectivity index (χ4v) is 2.04. The number of rotatable bonds is 4. The molecule has 90 valence electrons. The zero-order chi connectivity index (χ0) is 11.7. The Balaban J connectivity index is 1.96. The molecule has 0 bridgehead atoms. The van der Waals surface area contributed by atoms with Gasteiger partial charge in [0.1, 0.15) is 5.82 Å². The topological polar surface area (TPSA) is 54.2 Å². The van der Waals surface area contributed by atoms with E-state index in [0.717, 1.165) is 23.8 Å². The number of anilines is 2. The van der Waals surface area contributed by atoms with E-state index in [4.69, 9.17) is 0 Å². The molecule has 0 radical (unpaired) electrons. The van der Waals surface area contributed by atoms with Crippen molar-refractivity contribution >= 4 is 17.3 Å². The molecule has 1 aliphatic carbocycles. The molecule has 0 aromatic carbocycles. The van der Waals surface area contributed by atoms with Crippen LogP contribution in [0, 0.1) is 0 Å². The van der Waals surface area contributed by atoms with E-state index in [1.807, 2.05) is 16.8 Å². The van der Waals surface area contributed by atoms with Gasteiger partial charge in [-0.1, -0.05) is 0 Å². The van der Waals surface area contributed by atoms with Crippen LogP contribution < -0.4 is 10.6 Å². The van der Waals surface area contributed by atoms with Gasteiger partial charge < -0.3 is 15.0 Å². The molecule has 3 rings (SSSR count). The molecule has 2 heterocycles. The monoisotopic (exact) mass is 231 g/mol. The van der Waals surface area contributed by atoms with Crippen molar-refractivity contribution in [3.05, 3.63) is 18.6 Å². The average molecular weight is 231 g/mol. The summed E-state index contributed by atoms with van der Waals surface area (Å²) in [6, 6.07) is 0.569. The minimum absolute atomic E-state index is 0.569. The fourth-order valence-electron chi connectivity index (χ4n) is 2.04. The van der Waals surface area contributed by atoms with Crippen LogP contribution in [0.4, 0.5) is 11.6 Å². The first kappa shape index (κ1) is 10.4. The lowest BCUT2D eigenvalue weighted by molar-refractivity contribution is 0.444. The first-order valence-corrected chi connectivity index (χ1v) is 6.21. The van der Waals surface area contributed by atoms with Gasteiger partial charge in [-0.25, -0.2) is 9.97 Å². The van der Waals surface area contributed by atoms with Crippen molar-refractivity contribution in [1.82, 2.24) is 14.4 Å². The minimum Gasteiger partial charge on any atom is -0.369 e. The van der Waals surface area contributed by atoms with Crippen molar-refractivity contribution in [3.63, 3.8) is 0 Å². The van der Waals surface area contributed by atoms with Crippen LogP contribution >= 0.6 is 0 Å². The van der Waals surface area contributed by atoms with E-state index in [-0.39, 0.29) is 0 Å². The Kier molecular flexibility index (Phi) is 2.59. The zero-order valence-corrected chi connectivity index (χ0v) is 9.98. The van der Waals surface area contributed by atoms with Gasteiger partial charge >= 0.3 is 0 Å². The molecule has 2 aromatic heterocycles. The summed E-state index contributed by atoms with van der Waals surface area (Å²) in [7, 11) is 0. The van der Waals surface area contributed by atoms with Gasteiger partial charge in [0.25, 0.3) is 0 Å². The summed E-state index contributed by atoms with van der Waals surface area (Å²) in [5, 5.41) is 6.71. The Morgan fingerprint density at radius 2 is 2.35 bits per heavy atom. The lowest BCUT2D eigenvalue weighted by Crippen LogP contribution is -2.28. The summed E-state index contributed by atoms with van der Waals surface area (Å²) < 4.78 is 2.01. The van der Waals surface area contributed by atoms with E-state index in [1.54, 1.807) is 6.20 Å². The maximum atomic E-state index is 4.58. The van der Waals surface area contributed by atoms with Gasteiger partial charge in [0.2, 0.25) is 0 Å². The van der Waals surface area contributed by atoms with Gasteiger partial charge in [0.05, 0.1) is 6.20 Å². The van der Waals surface area contributed by atoms with Crippen LogP contribution in [-0.2, 0) is 0 Å². The highest BCUT2D eigenvalue weighted by Gasteiger charge is 2.19. The molecule has 1 fully saturated rings. The second kappa shape index (κ2) is 4.24. The van der Waals surface area contributed by atoms with Crippen LogP contribution in [0.3, 0.4) is 0 Å². The zero-order valence-electron chi connectivity index (χ0n) is 9.98. The lowest BCUT2D eigenvalue weighted by atomic mass is 9.93. The van der Waals surface area contributed by atoms with Gasteiger partial charge in [0.15, 0.2) is 11.5 Å². The Morgan fingerprint density at radius 3 is 3.06 bits per heavy atom. The Morgan fingerprint density at radius 1 is 1.47 bits per heavy atom. The van der Waals surface area contributed by atoms with Gasteiger partial charge in [-0.3, -0.25) is 0 Å². The molecule has 0 amide bonds. The van der Waals surface area contributed by atoms with E-state index in [2.05, 4.69) is 27.5 Å². The highest BCUT2D eigenvalue weighted by molar-refractivity contribution is 5.65. The summed E-state index contributed by atoms with van der Waals surface area (Å²) in [6.07, 6.45) is 9.51. The van der Waals surface area contributed by atoms with Crippen molar-refractivity contribution < 1.29 is 0 Å². The molecule has 17 heavy (non-hydrogen) atoms. The maximum absolute atomic E-state index is 4.58. The largest absolute Gasteiger partial charge is 0.369 e. The number of aromatic nitrogens is 3. The molecule has 5 nitrogen and oxygen atoms in total. The highest BCUT2D eigenvalue weighted by Crippen LogP contribution is 2.25. The summed E-state index contributed by atoms with van der Waals surface area (Å²) >= 11 is 0. The number of imidazole rings is 1. The first-order valence-electron chi connectivity index (χ1n) is 6.21. The van der Waals surface area contributed by atoms with E-state index in [0.29, 0.717) is 6.04 Å². The Bertz CT molecular complexity index is 515. The molecular weight excluding hydrogens is 214 g/mol. The van der Waals surface area contributed by atoms with Crippen LogP contribution in [0.2, 0.25) is 0 Å². The van der Waals surface area contributed by atoms with E-state index in [9.17, 15) is 0 Å². The molecule has 0 spiro atoms. The quantitative estimate of drug-likeness (QED) is 0.846. The summed E-state index contributed by atoms with van der Waals surface area (Å²) in [5.41, 5.74) is 0.901. The molecule has 2 aromatic rings. The van der Waals surface area contributed by atoms with Crippen LogP contribution in [-0.4, -0.2) is 27.0 Å². The van der Waals surface area contributed by atoms with Crippen LogP contribution in [0.15, 0.2) is 18.6 Å². The average Bonchev–Trinajstić information content (AvgIpc) is 2.71. The minimum atomic E-state index is 0.569. The molecule has 0 aliphatic heterocycles. The SMILES string of the molecule is CCNc1cn2ccnc2c(NC2CCC2)n1. The maximum Gasteiger partial charge on any atom is 0.180 e. The molecular formula is C12H17N5. The number of hydrogen-bond acceptors (Lipinski definition) is 4. The smallest absolute Gasteiger partial charge is 0.180 e. The Hall–Kier alpha value is -1.78. The Labute approximate surface area is 100 Å². The molecule has 2 N–H and O–H groups in total. The van der Waals surface area contributed by atoms with Gasteiger partial charge in [-0.2, -0.15) is 0 Å². The molecule has 0 unspecified atom stereocenters. The third kappa shape index (κ3) is 1.92. The van der Waals surface area contributed by atoms with Crippen molar-refractivity contribution in [2.45, 2.75) is 32.2 Å². The molecule has 0 atom stereocenters. The van der Waals surface area contributed by atoms with Crippen molar-refractivity contribution in [1.29, 1.82) is 0 Å². The molecule has 0 saturated heterocycles. The molecule has 5 heteroatoms. The lowest BCUT2D eigenvalue weighted by Gasteiger charge is -2.27. The van der Waals surface area contributed by atoms with Gasteiger partial charge in [-0.05, 0) is 26.2 Å². The predicted octanol–water partition coefficient (Wildman–Crippen LogP) is 2.13. The van der Waals surface area contributed by atoms with Crippen molar-refractivity contribution in [2.75, 3.05) is 17.2 Å². The normalized spacial score (nSPS) is 15.8. The number of nitrogens with one attached hydrogen (secondary N) is 2. The summed E-state index contributed by atoms with van der Waals surface area (Å²) in [5.74, 6) is 1.78. The summed E-state index contributed by atoms with van der Waals surface area (Å²) in [4.78, 5) is 8.92. The number of fused-ring (bicyclic) bond motifs is 1. The number of nitrogens with zero attached hydrogens (tertiary/aromatic N) is 3. The highest BCUT2D eigenvalue weighted by atomic mass is 15.2. The van der Waals surface area contributed by atoms with Crippen molar-refractivity contribution in [2.24, 2.45) is 0 Å². The third-order valence-corrected chi connectivity index (χ3v) is 3.18. The van der Waals surface area contributed by atoms with E-state index < -0.39 is 0 Å². The first-order chi connectivity index (χ1) is 8.36. The molecule has 1 aliphatic rings. The van der Waals surface area contributed by atoms with E-state index >= 15 is 0 Å². The van der Waals surface area contributed by atoms with Crippen LogP contribution in [0.25, 0.3) is 5.65 Å².